The molecule has 0 saturated carbocycles. The van der Waals surface area contributed by atoms with Crippen molar-refractivity contribution in [2.24, 2.45) is 0 Å². The van der Waals surface area contributed by atoms with Crippen LogP contribution >= 0.6 is 23.2 Å². The minimum atomic E-state index is -1.02. The van der Waals surface area contributed by atoms with Crippen molar-refractivity contribution < 1.29 is 14.6 Å². The van der Waals surface area contributed by atoms with E-state index in [1.807, 2.05) is 0 Å². The first-order valence-electron chi connectivity index (χ1n) is 4.10. The van der Waals surface area contributed by atoms with Crippen molar-refractivity contribution in [3.63, 3.8) is 0 Å². The van der Waals surface area contributed by atoms with E-state index in [-0.39, 0.29) is 0 Å². The smallest absolute Gasteiger partial charge is 0.185 e. The Hall–Kier alpha value is -0.480. The van der Waals surface area contributed by atoms with Crippen molar-refractivity contribution in [2.75, 3.05) is 13.2 Å². The summed E-state index contributed by atoms with van der Waals surface area (Å²) in [5.74, 6) is 0.445. The van der Waals surface area contributed by atoms with Gasteiger partial charge in [0.25, 0.3) is 0 Å². The lowest BCUT2D eigenvalue weighted by Crippen LogP contribution is -2.04. The predicted molar refractivity (Wildman–Crippen MR) is 52.9 cm³/mol. The fourth-order valence-electron chi connectivity index (χ4n) is 1.31. The van der Waals surface area contributed by atoms with Crippen LogP contribution in [0, 0.1) is 0 Å². The van der Waals surface area contributed by atoms with Crippen LogP contribution < -0.4 is 4.74 Å². The SMILES string of the molecule is OC1OCCOc2c(Cl)cc(Cl)cc21. The Kier molecular flexibility index (Phi) is 2.83. The van der Waals surface area contributed by atoms with Gasteiger partial charge in [-0.2, -0.15) is 0 Å². The molecule has 0 aliphatic carbocycles. The molecule has 0 amide bonds. The lowest BCUT2D eigenvalue weighted by molar-refractivity contribution is -0.100. The minimum absolute atomic E-state index is 0.323. The van der Waals surface area contributed by atoms with Gasteiger partial charge in [0, 0.05) is 5.02 Å². The normalized spacial score (nSPS) is 20.9. The van der Waals surface area contributed by atoms with Crippen molar-refractivity contribution in [1.29, 1.82) is 0 Å². The molecule has 0 aromatic heterocycles. The molecule has 1 aliphatic rings. The highest BCUT2D eigenvalue weighted by Crippen LogP contribution is 2.37. The van der Waals surface area contributed by atoms with Gasteiger partial charge >= 0.3 is 0 Å². The molecule has 1 N–H and O–H groups in total. The summed E-state index contributed by atoms with van der Waals surface area (Å²) in [4.78, 5) is 0. The monoisotopic (exact) mass is 234 g/mol. The van der Waals surface area contributed by atoms with Crippen molar-refractivity contribution >= 4 is 23.2 Å². The van der Waals surface area contributed by atoms with E-state index in [0.717, 1.165) is 0 Å². The number of hydrogen-bond acceptors (Lipinski definition) is 3. The molecule has 0 bridgehead atoms. The maximum Gasteiger partial charge on any atom is 0.185 e. The molecule has 0 spiro atoms. The van der Waals surface area contributed by atoms with Gasteiger partial charge in [-0.3, -0.25) is 0 Å². The van der Waals surface area contributed by atoms with Crippen molar-refractivity contribution in [3.8, 4) is 5.75 Å². The van der Waals surface area contributed by atoms with Gasteiger partial charge in [0.15, 0.2) is 6.29 Å². The lowest BCUT2D eigenvalue weighted by Gasteiger charge is -2.11. The third-order valence-electron chi connectivity index (χ3n) is 1.91. The lowest BCUT2D eigenvalue weighted by atomic mass is 10.2. The number of aliphatic hydroxyl groups excluding tert-OH is 1. The number of hydrogen-bond donors (Lipinski definition) is 1. The number of rotatable bonds is 0. The van der Waals surface area contributed by atoms with Crippen LogP contribution in [0.4, 0.5) is 0 Å². The fraction of sp³-hybridized carbons (Fsp3) is 0.333. The van der Waals surface area contributed by atoms with E-state index in [1.165, 1.54) is 0 Å². The molecule has 5 heteroatoms. The zero-order valence-corrected chi connectivity index (χ0v) is 8.68. The first kappa shape index (κ1) is 10.1. The van der Waals surface area contributed by atoms with Crippen LogP contribution in [0.3, 0.4) is 0 Å². The van der Waals surface area contributed by atoms with Gasteiger partial charge in [-0.25, -0.2) is 0 Å². The average Bonchev–Trinajstić information content (AvgIpc) is 2.29. The second kappa shape index (κ2) is 3.95. The largest absolute Gasteiger partial charge is 0.489 e. The Bertz CT molecular complexity index is 354. The molecule has 2 rings (SSSR count). The Morgan fingerprint density at radius 2 is 2.07 bits per heavy atom. The molecule has 0 fully saturated rings. The van der Waals surface area contributed by atoms with E-state index in [0.29, 0.717) is 34.6 Å². The van der Waals surface area contributed by atoms with Gasteiger partial charge in [0.05, 0.1) is 17.2 Å². The van der Waals surface area contributed by atoms with Gasteiger partial charge < -0.3 is 14.6 Å². The Balaban J connectivity index is 2.53. The highest BCUT2D eigenvalue weighted by molar-refractivity contribution is 6.35. The van der Waals surface area contributed by atoms with E-state index in [1.54, 1.807) is 12.1 Å². The van der Waals surface area contributed by atoms with Gasteiger partial charge in [-0.1, -0.05) is 23.2 Å². The van der Waals surface area contributed by atoms with Crippen LogP contribution in [0.25, 0.3) is 0 Å². The highest BCUT2D eigenvalue weighted by Gasteiger charge is 2.21. The molecule has 0 saturated heterocycles. The summed E-state index contributed by atoms with van der Waals surface area (Å²) in [6.45, 7) is 0.690. The third-order valence-corrected chi connectivity index (χ3v) is 2.41. The maximum atomic E-state index is 9.57. The summed E-state index contributed by atoms with van der Waals surface area (Å²) in [5.41, 5.74) is 0.472. The fourth-order valence-corrected chi connectivity index (χ4v) is 1.87. The number of ether oxygens (including phenoxy) is 2. The molecule has 1 aromatic carbocycles. The summed E-state index contributed by atoms with van der Waals surface area (Å²) >= 11 is 11.7. The van der Waals surface area contributed by atoms with Gasteiger partial charge in [-0.15, -0.1) is 0 Å². The molecule has 1 unspecified atom stereocenters. The predicted octanol–water partition coefficient (Wildman–Crippen LogP) is 2.39. The van der Waals surface area contributed by atoms with E-state index >= 15 is 0 Å². The third kappa shape index (κ3) is 1.81. The van der Waals surface area contributed by atoms with Crippen LogP contribution in [-0.4, -0.2) is 18.3 Å². The summed E-state index contributed by atoms with van der Waals surface area (Å²) in [5, 5.41) is 10.4. The van der Waals surface area contributed by atoms with Crippen LogP contribution in [0.2, 0.25) is 10.0 Å². The summed E-state index contributed by atoms with van der Waals surface area (Å²) in [7, 11) is 0. The molecule has 1 atom stereocenters. The van der Waals surface area contributed by atoms with Crippen molar-refractivity contribution in [3.05, 3.63) is 27.7 Å². The standard InChI is InChI=1S/C9H8Cl2O3/c10-5-3-6-8(7(11)4-5)13-1-2-14-9(6)12/h3-4,9,12H,1-2H2. The first-order chi connectivity index (χ1) is 6.68. The van der Waals surface area contributed by atoms with Crippen LogP contribution in [0.15, 0.2) is 12.1 Å². The van der Waals surface area contributed by atoms with Crippen LogP contribution in [-0.2, 0) is 4.74 Å². The Labute approximate surface area is 91.1 Å². The quantitative estimate of drug-likeness (QED) is 0.750. The zero-order chi connectivity index (χ0) is 10.1. The van der Waals surface area contributed by atoms with E-state index < -0.39 is 6.29 Å². The number of fused-ring (bicyclic) bond motifs is 1. The van der Waals surface area contributed by atoms with Crippen molar-refractivity contribution in [2.45, 2.75) is 6.29 Å². The summed E-state index contributed by atoms with van der Waals surface area (Å²) in [6.07, 6.45) is -1.02. The van der Waals surface area contributed by atoms with Crippen LogP contribution in [0.5, 0.6) is 5.75 Å². The molecule has 3 nitrogen and oxygen atoms in total. The topological polar surface area (TPSA) is 38.7 Å². The number of benzene rings is 1. The molecule has 0 radical (unpaired) electrons. The Morgan fingerprint density at radius 3 is 2.86 bits per heavy atom. The van der Waals surface area contributed by atoms with E-state index in [4.69, 9.17) is 32.7 Å². The molecule has 1 aromatic rings. The van der Waals surface area contributed by atoms with Gasteiger partial charge in [0.1, 0.15) is 12.4 Å². The van der Waals surface area contributed by atoms with Gasteiger partial charge in [0.2, 0.25) is 0 Å². The van der Waals surface area contributed by atoms with Gasteiger partial charge in [-0.05, 0) is 12.1 Å². The molecule has 76 valence electrons. The molecular formula is C9H8Cl2O3. The first-order valence-corrected chi connectivity index (χ1v) is 4.85. The molecular weight excluding hydrogens is 227 g/mol. The number of halogens is 2. The van der Waals surface area contributed by atoms with E-state index in [9.17, 15) is 5.11 Å². The second-order valence-electron chi connectivity index (χ2n) is 2.88. The van der Waals surface area contributed by atoms with Crippen molar-refractivity contribution in [1.82, 2.24) is 0 Å². The summed E-state index contributed by atoms with van der Waals surface area (Å²) in [6, 6.07) is 3.15. The Morgan fingerprint density at radius 1 is 1.29 bits per heavy atom. The molecule has 1 aliphatic heterocycles. The minimum Gasteiger partial charge on any atom is -0.489 e. The highest BCUT2D eigenvalue weighted by atomic mass is 35.5. The second-order valence-corrected chi connectivity index (χ2v) is 3.72. The zero-order valence-electron chi connectivity index (χ0n) is 7.17. The average molecular weight is 235 g/mol. The number of aliphatic hydroxyl groups is 1. The van der Waals surface area contributed by atoms with E-state index in [2.05, 4.69) is 0 Å². The van der Waals surface area contributed by atoms with Crippen LogP contribution in [0.1, 0.15) is 11.9 Å². The maximum absolute atomic E-state index is 9.57. The summed E-state index contributed by atoms with van der Waals surface area (Å²) < 4.78 is 10.4. The molecule has 1 heterocycles. The molecule has 14 heavy (non-hydrogen) atoms.